The topological polar surface area (TPSA) is 47.1 Å². The molecule has 0 atom stereocenters. The lowest BCUT2D eigenvalue weighted by Gasteiger charge is -2.15. The Labute approximate surface area is 118 Å². The summed E-state index contributed by atoms with van der Waals surface area (Å²) in [5.41, 5.74) is 2.97. The highest BCUT2D eigenvalue weighted by molar-refractivity contribution is 5.58. The summed E-state index contributed by atoms with van der Waals surface area (Å²) < 4.78 is 1.89. The zero-order valence-corrected chi connectivity index (χ0v) is 11.3. The van der Waals surface area contributed by atoms with Crippen LogP contribution >= 0.6 is 0 Å². The molecule has 0 amide bonds. The van der Waals surface area contributed by atoms with Crippen molar-refractivity contribution < 1.29 is 0 Å². The second kappa shape index (κ2) is 5.19. The zero-order valence-electron chi connectivity index (χ0n) is 11.3. The van der Waals surface area contributed by atoms with Crippen LogP contribution in [0.1, 0.15) is 5.69 Å². The van der Waals surface area contributed by atoms with Gasteiger partial charge in [-0.2, -0.15) is 0 Å². The number of rotatable bonds is 3. The van der Waals surface area contributed by atoms with Crippen molar-refractivity contribution in [3.05, 3.63) is 72.4 Å². The lowest BCUT2D eigenvalue weighted by Crippen LogP contribution is -2.25. The molecule has 20 heavy (non-hydrogen) atoms. The number of aromatic nitrogens is 2. The number of hydrogen-bond acceptors (Lipinski definition) is 3. The van der Waals surface area contributed by atoms with Gasteiger partial charge < -0.3 is 0 Å². The molecule has 1 aromatic heterocycles. The van der Waals surface area contributed by atoms with Gasteiger partial charge >= 0.3 is 0 Å². The van der Waals surface area contributed by atoms with Crippen molar-refractivity contribution in [3.8, 4) is 5.69 Å². The predicted molar refractivity (Wildman–Crippen MR) is 81.1 cm³/mol. The Morgan fingerprint density at radius 1 is 0.950 bits per heavy atom. The SMILES string of the molecule is Cc1cc(N(N)c2ccccc2)nn1-c1ccccc1. The highest BCUT2D eigenvalue weighted by atomic mass is 15.5. The molecule has 1 heterocycles. The average molecular weight is 264 g/mol. The number of nitrogens with two attached hydrogens (primary N) is 1. The van der Waals surface area contributed by atoms with Gasteiger partial charge in [0.1, 0.15) is 0 Å². The Balaban J connectivity index is 1.97. The summed E-state index contributed by atoms with van der Waals surface area (Å²) in [5.74, 6) is 6.85. The first kappa shape index (κ1) is 12.4. The highest BCUT2D eigenvalue weighted by Crippen LogP contribution is 2.22. The summed E-state index contributed by atoms with van der Waals surface area (Å²) in [4.78, 5) is 0. The molecule has 3 aromatic rings. The summed E-state index contributed by atoms with van der Waals surface area (Å²) in [6.45, 7) is 2.02. The summed E-state index contributed by atoms with van der Waals surface area (Å²) in [6.07, 6.45) is 0. The fraction of sp³-hybridized carbons (Fsp3) is 0.0625. The van der Waals surface area contributed by atoms with Crippen LogP contribution in [0.15, 0.2) is 66.7 Å². The number of para-hydroxylation sites is 2. The van der Waals surface area contributed by atoms with Crippen LogP contribution in [0, 0.1) is 6.92 Å². The summed E-state index contributed by atoms with van der Waals surface area (Å²) in [5, 5.41) is 6.16. The molecule has 0 saturated heterocycles. The highest BCUT2D eigenvalue weighted by Gasteiger charge is 2.11. The van der Waals surface area contributed by atoms with E-state index >= 15 is 0 Å². The Morgan fingerprint density at radius 3 is 2.20 bits per heavy atom. The van der Waals surface area contributed by atoms with Gasteiger partial charge in [-0.25, -0.2) is 10.5 Å². The fourth-order valence-corrected chi connectivity index (χ4v) is 2.13. The Bertz CT molecular complexity index is 689. The first-order valence-electron chi connectivity index (χ1n) is 6.47. The summed E-state index contributed by atoms with van der Waals surface area (Å²) in [6, 6.07) is 21.8. The van der Waals surface area contributed by atoms with Gasteiger partial charge in [-0.3, -0.25) is 5.01 Å². The first-order valence-corrected chi connectivity index (χ1v) is 6.47. The van der Waals surface area contributed by atoms with Crippen molar-refractivity contribution in [1.29, 1.82) is 0 Å². The van der Waals surface area contributed by atoms with E-state index < -0.39 is 0 Å². The van der Waals surface area contributed by atoms with E-state index in [9.17, 15) is 0 Å². The molecular formula is C16H16N4. The lowest BCUT2D eigenvalue weighted by molar-refractivity contribution is 0.836. The van der Waals surface area contributed by atoms with Gasteiger partial charge in [0.05, 0.1) is 11.4 Å². The van der Waals surface area contributed by atoms with Gasteiger partial charge in [-0.1, -0.05) is 36.4 Å². The van der Waals surface area contributed by atoms with Crippen molar-refractivity contribution in [2.24, 2.45) is 5.84 Å². The third-order valence-electron chi connectivity index (χ3n) is 3.16. The third-order valence-corrected chi connectivity index (χ3v) is 3.16. The van der Waals surface area contributed by atoms with Gasteiger partial charge in [-0.05, 0) is 31.2 Å². The lowest BCUT2D eigenvalue weighted by atomic mass is 10.3. The van der Waals surface area contributed by atoms with Crippen molar-refractivity contribution in [2.45, 2.75) is 6.92 Å². The molecule has 0 fully saturated rings. The van der Waals surface area contributed by atoms with Crippen LogP contribution in [0.5, 0.6) is 0 Å². The Hall–Kier alpha value is -2.59. The fourth-order valence-electron chi connectivity index (χ4n) is 2.13. The van der Waals surface area contributed by atoms with Crippen molar-refractivity contribution in [1.82, 2.24) is 9.78 Å². The van der Waals surface area contributed by atoms with Crippen LogP contribution in [0.4, 0.5) is 11.5 Å². The maximum Gasteiger partial charge on any atom is 0.170 e. The molecule has 0 saturated carbocycles. The minimum atomic E-state index is 0.720. The number of aryl methyl sites for hydroxylation is 1. The molecule has 2 aromatic carbocycles. The van der Waals surface area contributed by atoms with E-state index in [-0.39, 0.29) is 0 Å². The van der Waals surface area contributed by atoms with Gasteiger partial charge in [0, 0.05) is 11.8 Å². The van der Waals surface area contributed by atoms with Gasteiger partial charge in [0.15, 0.2) is 5.82 Å². The molecule has 4 heteroatoms. The summed E-state index contributed by atoms with van der Waals surface area (Å²) >= 11 is 0. The number of hydrazine groups is 1. The minimum Gasteiger partial charge on any atom is -0.261 e. The maximum absolute atomic E-state index is 6.13. The molecule has 0 aliphatic heterocycles. The smallest absolute Gasteiger partial charge is 0.170 e. The van der Waals surface area contributed by atoms with Crippen LogP contribution in [0.2, 0.25) is 0 Å². The zero-order chi connectivity index (χ0) is 13.9. The molecule has 0 radical (unpaired) electrons. The van der Waals surface area contributed by atoms with Crippen LogP contribution < -0.4 is 10.9 Å². The van der Waals surface area contributed by atoms with Gasteiger partial charge in [-0.15, -0.1) is 5.10 Å². The molecule has 0 unspecified atom stereocenters. The van der Waals surface area contributed by atoms with Gasteiger partial charge in [0.2, 0.25) is 0 Å². The Kier molecular flexibility index (Phi) is 3.23. The predicted octanol–water partition coefficient (Wildman–Crippen LogP) is 3.19. The van der Waals surface area contributed by atoms with Crippen molar-refractivity contribution in [3.63, 3.8) is 0 Å². The molecule has 0 spiro atoms. The molecule has 0 bridgehead atoms. The molecule has 0 aliphatic rings. The van der Waals surface area contributed by atoms with Gasteiger partial charge in [0.25, 0.3) is 0 Å². The van der Waals surface area contributed by atoms with E-state index in [1.165, 1.54) is 0 Å². The normalized spacial score (nSPS) is 10.5. The Morgan fingerprint density at radius 2 is 1.55 bits per heavy atom. The van der Waals surface area contributed by atoms with E-state index in [1.54, 1.807) is 5.01 Å². The monoisotopic (exact) mass is 264 g/mol. The molecular weight excluding hydrogens is 248 g/mol. The largest absolute Gasteiger partial charge is 0.261 e. The molecule has 100 valence electrons. The number of nitrogens with zero attached hydrogens (tertiary/aromatic N) is 3. The number of benzene rings is 2. The van der Waals surface area contributed by atoms with Crippen LogP contribution in [-0.2, 0) is 0 Å². The molecule has 0 aliphatic carbocycles. The first-order chi connectivity index (χ1) is 9.75. The van der Waals surface area contributed by atoms with E-state index in [0.29, 0.717) is 0 Å². The third kappa shape index (κ3) is 2.29. The van der Waals surface area contributed by atoms with Crippen LogP contribution in [-0.4, -0.2) is 9.78 Å². The summed E-state index contributed by atoms with van der Waals surface area (Å²) in [7, 11) is 0. The van der Waals surface area contributed by atoms with E-state index in [0.717, 1.165) is 22.9 Å². The number of hydrogen-bond donors (Lipinski definition) is 1. The van der Waals surface area contributed by atoms with Crippen LogP contribution in [0.25, 0.3) is 5.69 Å². The standard InChI is InChI=1S/C16H16N4/c1-13-12-16(19(17)14-8-4-2-5-9-14)18-20(13)15-10-6-3-7-11-15/h2-12H,17H2,1H3. The van der Waals surface area contributed by atoms with Crippen molar-refractivity contribution in [2.75, 3.05) is 5.01 Å². The van der Waals surface area contributed by atoms with Crippen LogP contribution in [0.3, 0.4) is 0 Å². The second-order valence-electron chi connectivity index (χ2n) is 4.60. The van der Waals surface area contributed by atoms with E-state index in [2.05, 4.69) is 5.10 Å². The van der Waals surface area contributed by atoms with Crippen molar-refractivity contribution >= 4 is 11.5 Å². The molecule has 4 nitrogen and oxygen atoms in total. The average Bonchev–Trinajstić information content (AvgIpc) is 2.90. The molecule has 3 rings (SSSR count). The van der Waals surface area contributed by atoms with E-state index in [1.807, 2.05) is 78.3 Å². The quantitative estimate of drug-likeness (QED) is 0.583. The minimum absolute atomic E-state index is 0.720. The maximum atomic E-state index is 6.13. The van der Waals surface area contributed by atoms with E-state index in [4.69, 9.17) is 5.84 Å². The number of anilines is 2. The molecule has 2 N–H and O–H groups in total. The second-order valence-corrected chi connectivity index (χ2v) is 4.60.